The van der Waals surface area contributed by atoms with Crippen molar-refractivity contribution in [2.75, 3.05) is 26.2 Å². The fourth-order valence-corrected chi connectivity index (χ4v) is 4.91. The van der Waals surface area contributed by atoms with Crippen LogP contribution in [0.15, 0.2) is 24.5 Å². The molecule has 3 heterocycles. The van der Waals surface area contributed by atoms with Gasteiger partial charge in [0.05, 0.1) is 12.4 Å². The molecule has 0 unspecified atom stereocenters. The maximum Gasteiger partial charge on any atom is 0.252 e. The lowest BCUT2D eigenvalue weighted by Gasteiger charge is -2.38. The first kappa shape index (κ1) is 20.3. The van der Waals surface area contributed by atoms with E-state index in [2.05, 4.69) is 43.6 Å². The van der Waals surface area contributed by atoms with E-state index in [1.807, 2.05) is 6.07 Å². The lowest BCUT2D eigenvalue weighted by molar-refractivity contribution is 0.0469. The molecule has 0 saturated carbocycles. The minimum atomic E-state index is -0.151. The third-order valence-corrected chi connectivity index (χ3v) is 6.44. The Kier molecular flexibility index (Phi) is 5.36. The molecule has 1 spiro atoms. The third kappa shape index (κ3) is 4.16. The molecular formula is C24H34N2O3. The van der Waals surface area contributed by atoms with Crippen LogP contribution in [0.2, 0.25) is 0 Å². The maximum atomic E-state index is 11.9. The van der Waals surface area contributed by atoms with Gasteiger partial charge in [-0.25, -0.2) is 0 Å². The van der Waals surface area contributed by atoms with Crippen LogP contribution in [0.1, 0.15) is 74.4 Å². The van der Waals surface area contributed by atoms with E-state index in [-0.39, 0.29) is 16.9 Å². The molecule has 158 valence electrons. The smallest absolute Gasteiger partial charge is 0.252 e. The normalized spacial score (nSPS) is 20.2. The van der Waals surface area contributed by atoms with E-state index >= 15 is 0 Å². The number of amides is 1. The van der Waals surface area contributed by atoms with Gasteiger partial charge in [-0.05, 0) is 72.2 Å². The van der Waals surface area contributed by atoms with Crippen LogP contribution in [0.25, 0.3) is 0 Å². The van der Waals surface area contributed by atoms with Crippen LogP contribution in [0, 0.1) is 0 Å². The number of ether oxygens (including phenoxy) is 2. The van der Waals surface area contributed by atoms with Crippen molar-refractivity contribution in [2.24, 2.45) is 0 Å². The van der Waals surface area contributed by atoms with E-state index in [0.29, 0.717) is 6.54 Å². The Morgan fingerprint density at radius 1 is 1.28 bits per heavy atom. The van der Waals surface area contributed by atoms with E-state index in [4.69, 9.17) is 9.47 Å². The summed E-state index contributed by atoms with van der Waals surface area (Å²) >= 11 is 0. The fraction of sp³-hybridized carbons (Fsp3) is 0.625. The highest BCUT2D eigenvalue weighted by Crippen LogP contribution is 2.48. The summed E-state index contributed by atoms with van der Waals surface area (Å²) < 4.78 is 12.0. The van der Waals surface area contributed by atoms with Crippen LogP contribution in [0.3, 0.4) is 0 Å². The van der Waals surface area contributed by atoms with Gasteiger partial charge in [-0.1, -0.05) is 12.6 Å². The minimum absolute atomic E-state index is 0.0257. The minimum Gasteiger partial charge on any atom is -0.493 e. The molecule has 1 aromatic rings. The molecule has 1 fully saturated rings. The number of unbranched alkanes of at least 4 members (excludes halogenated alkanes) is 1. The van der Waals surface area contributed by atoms with Gasteiger partial charge in [-0.2, -0.15) is 0 Å². The van der Waals surface area contributed by atoms with Crippen molar-refractivity contribution in [3.8, 4) is 5.75 Å². The number of carbonyl (C=O) groups is 1. The number of benzene rings is 1. The van der Waals surface area contributed by atoms with Gasteiger partial charge in [0, 0.05) is 35.1 Å². The molecule has 5 nitrogen and oxygen atoms in total. The second-order valence-corrected chi connectivity index (χ2v) is 9.77. The quantitative estimate of drug-likeness (QED) is 0.578. The highest BCUT2D eigenvalue weighted by Gasteiger charge is 2.45. The molecule has 0 aromatic heterocycles. The lowest BCUT2D eigenvalue weighted by Crippen LogP contribution is -2.43. The Morgan fingerprint density at radius 2 is 2.03 bits per heavy atom. The van der Waals surface area contributed by atoms with E-state index < -0.39 is 0 Å². The molecule has 0 atom stereocenters. The summed E-state index contributed by atoms with van der Waals surface area (Å²) in [5.74, 6) is 1.90. The number of piperidine rings is 1. The molecule has 29 heavy (non-hydrogen) atoms. The predicted molar refractivity (Wildman–Crippen MR) is 114 cm³/mol. The predicted octanol–water partition coefficient (Wildman–Crippen LogP) is 4.16. The SMILES string of the molecule is C=C(CCCCN1CCC2(CC1)COc1c2ccc2c1CNC2=O)OC(C)(C)C. The van der Waals surface area contributed by atoms with Crippen LogP contribution in [-0.2, 0) is 16.7 Å². The highest BCUT2D eigenvalue weighted by molar-refractivity contribution is 5.99. The molecule has 3 aliphatic heterocycles. The highest BCUT2D eigenvalue weighted by atomic mass is 16.5. The monoisotopic (exact) mass is 398 g/mol. The zero-order valence-electron chi connectivity index (χ0n) is 18.1. The first-order valence-electron chi connectivity index (χ1n) is 10.9. The van der Waals surface area contributed by atoms with Gasteiger partial charge in [0.1, 0.15) is 11.4 Å². The van der Waals surface area contributed by atoms with Crippen molar-refractivity contribution in [1.82, 2.24) is 10.2 Å². The van der Waals surface area contributed by atoms with Crippen molar-refractivity contribution in [1.29, 1.82) is 0 Å². The van der Waals surface area contributed by atoms with Crippen molar-refractivity contribution in [3.05, 3.63) is 41.2 Å². The third-order valence-electron chi connectivity index (χ3n) is 6.44. The maximum absolute atomic E-state index is 11.9. The molecule has 0 radical (unpaired) electrons. The number of allylic oxidation sites excluding steroid dienone is 1. The Labute approximate surface area is 174 Å². The van der Waals surface area contributed by atoms with Crippen LogP contribution >= 0.6 is 0 Å². The second kappa shape index (κ2) is 7.67. The average Bonchev–Trinajstić information content (AvgIpc) is 3.21. The molecular weight excluding hydrogens is 364 g/mol. The summed E-state index contributed by atoms with van der Waals surface area (Å²) in [5, 5.41) is 2.92. The number of likely N-dealkylation sites (tertiary alicyclic amines) is 1. The summed E-state index contributed by atoms with van der Waals surface area (Å²) in [6.45, 7) is 14.9. The molecule has 0 aliphatic carbocycles. The molecule has 1 saturated heterocycles. The van der Waals surface area contributed by atoms with Crippen molar-refractivity contribution < 1.29 is 14.3 Å². The van der Waals surface area contributed by atoms with Gasteiger partial charge in [0.25, 0.3) is 5.91 Å². The number of fused-ring (bicyclic) bond motifs is 4. The van der Waals surface area contributed by atoms with Crippen molar-refractivity contribution >= 4 is 5.91 Å². The molecule has 1 aromatic carbocycles. The summed E-state index contributed by atoms with van der Waals surface area (Å²) in [6.07, 6.45) is 5.48. The molecule has 3 aliphatic rings. The van der Waals surface area contributed by atoms with Gasteiger partial charge in [-0.15, -0.1) is 0 Å². The number of nitrogens with zero attached hydrogens (tertiary/aromatic N) is 1. The molecule has 4 rings (SSSR count). The van der Waals surface area contributed by atoms with Gasteiger partial charge in [-0.3, -0.25) is 4.79 Å². The van der Waals surface area contributed by atoms with E-state index in [9.17, 15) is 4.79 Å². The first-order chi connectivity index (χ1) is 13.8. The van der Waals surface area contributed by atoms with E-state index in [1.165, 1.54) is 12.0 Å². The zero-order valence-corrected chi connectivity index (χ0v) is 18.1. The lowest BCUT2D eigenvalue weighted by atomic mass is 9.74. The number of hydrogen-bond donors (Lipinski definition) is 1. The number of carbonyl (C=O) groups excluding carboxylic acids is 1. The fourth-order valence-electron chi connectivity index (χ4n) is 4.91. The Hall–Kier alpha value is -2.01. The summed E-state index contributed by atoms with van der Waals surface area (Å²) in [5.41, 5.74) is 3.14. The number of nitrogens with one attached hydrogen (secondary N) is 1. The second-order valence-electron chi connectivity index (χ2n) is 9.77. The average molecular weight is 399 g/mol. The molecule has 0 bridgehead atoms. The summed E-state index contributed by atoms with van der Waals surface area (Å²) in [4.78, 5) is 14.5. The van der Waals surface area contributed by atoms with Crippen LogP contribution in [0.4, 0.5) is 0 Å². The zero-order chi connectivity index (χ0) is 20.6. The largest absolute Gasteiger partial charge is 0.493 e. The van der Waals surface area contributed by atoms with Crippen molar-refractivity contribution in [2.45, 2.75) is 70.4 Å². The first-order valence-corrected chi connectivity index (χ1v) is 10.9. The van der Waals surface area contributed by atoms with Crippen molar-refractivity contribution in [3.63, 3.8) is 0 Å². The Morgan fingerprint density at radius 3 is 2.76 bits per heavy atom. The number of hydrogen-bond acceptors (Lipinski definition) is 4. The molecule has 5 heteroatoms. The standard InChI is InChI=1S/C24H34N2O3/c1-17(29-23(2,3)4)7-5-6-12-26-13-10-24(11-14-26)16-28-21-19-15-25-22(27)18(19)8-9-20(21)24/h8-9H,1,5-7,10-16H2,2-4H3,(H,25,27). The summed E-state index contributed by atoms with van der Waals surface area (Å²) in [7, 11) is 0. The van der Waals surface area contributed by atoms with Gasteiger partial charge in [0.15, 0.2) is 0 Å². The van der Waals surface area contributed by atoms with Crippen LogP contribution in [-0.4, -0.2) is 42.6 Å². The number of rotatable bonds is 6. The van der Waals surface area contributed by atoms with Crippen LogP contribution in [0.5, 0.6) is 5.75 Å². The Balaban J connectivity index is 1.27. The molecule has 1 amide bonds. The Bertz CT molecular complexity index is 801. The van der Waals surface area contributed by atoms with E-state index in [1.54, 1.807) is 0 Å². The molecule has 1 N–H and O–H groups in total. The van der Waals surface area contributed by atoms with Gasteiger partial charge in [0.2, 0.25) is 0 Å². The van der Waals surface area contributed by atoms with Gasteiger partial charge < -0.3 is 19.7 Å². The summed E-state index contributed by atoms with van der Waals surface area (Å²) in [6, 6.07) is 4.13. The van der Waals surface area contributed by atoms with Crippen LogP contribution < -0.4 is 10.1 Å². The topological polar surface area (TPSA) is 50.8 Å². The van der Waals surface area contributed by atoms with E-state index in [0.717, 1.165) is 74.6 Å². The van der Waals surface area contributed by atoms with Gasteiger partial charge >= 0.3 is 0 Å².